The Balaban J connectivity index is 0.00000176. The molecule has 1 aromatic rings. The summed E-state index contributed by atoms with van der Waals surface area (Å²) in [6.07, 6.45) is 0. The SMILES string of the molecule is Cc1ccccc1C1N[C@H](C(=O)N2CSC[C@H]2C#N)CS1.Cl. The summed E-state index contributed by atoms with van der Waals surface area (Å²) < 4.78 is 0. The van der Waals surface area contributed by atoms with Gasteiger partial charge >= 0.3 is 0 Å². The smallest absolute Gasteiger partial charge is 0.242 e. The Bertz CT molecular complexity index is 592. The lowest BCUT2D eigenvalue weighted by atomic mass is 10.1. The fraction of sp³-hybridized carbons (Fsp3) is 0.467. The zero-order valence-corrected chi connectivity index (χ0v) is 14.6. The van der Waals surface area contributed by atoms with Gasteiger partial charge in [-0.05, 0) is 18.1 Å². The number of nitrogens with one attached hydrogen (secondary N) is 1. The highest BCUT2D eigenvalue weighted by molar-refractivity contribution is 8.00. The number of hydrogen-bond donors (Lipinski definition) is 1. The van der Waals surface area contributed by atoms with E-state index in [0.717, 1.165) is 11.5 Å². The Morgan fingerprint density at radius 1 is 1.41 bits per heavy atom. The number of nitriles is 1. The summed E-state index contributed by atoms with van der Waals surface area (Å²) in [6, 6.07) is 10.0. The molecule has 1 unspecified atom stereocenters. The minimum absolute atomic E-state index is 0. The molecule has 2 aliphatic rings. The number of hydrogen-bond acceptors (Lipinski definition) is 5. The Hall–Kier alpha value is -0.870. The van der Waals surface area contributed by atoms with Crippen LogP contribution in [0.3, 0.4) is 0 Å². The molecule has 2 heterocycles. The summed E-state index contributed by atoms with van der Waals surface area (Å²) in [5.74, 6) is 2.19. The highest BCUT2D eigenvalue weighted by atomic mass is 35.5. The van der Waals surface area contributed by atoms with Gasteiger partial charge in [0.1, 0.15) is 6.04 Å². The molecular formula is C15H18ClN3OS2. The number of halogens is 1. The molecular weight excluding hydrogens is 338 g/mol. The Morgan fingerprint density at radius 3 is 2.91 bits per heavy atom. The number of aryl methyl sites for hydroxylation is 1. The molecule has 0 aromatic heterocycles. The second kappa shape index (κ2) is 7.60. The summed E-state index contributed by atoms with van der Waals surface area (Å²) in [5.41, 5.74) is 2.48. The number of thioether (sulfide) groups is 2. The number of benzene rings is 1. The van der Waals surface area contributed by atoms with Crippen molar-refractivity contribution in [2.45, 2.75) is 24.4 Å². The Labute approximate surface area is 145 Å². The summed E-state index contributed by atoms with van der Waals surface area (Å²) in [4.78, 5) is 14.3. The molecule has 0 bridgehead atoms. The minimum Gasteiger partial charge on any atom is -0.315 e. The Kier molecular flexibility index (Phi) is 6.04. The predicted molar refractivity (Wildman–Crippen MR) is 94.1 cm³/mol. The van der Waals surface area contributed by atoms with Gasteiger partial charge in [0.2, 0.25) is 5.91 Å². The first-order valence-corrected chi connectivity index (χ1v) is 9.12. The first-order valence-electron chi connectivity index (χ1n) is 6.91. The zero-order chi connectivity index (χ0) is 14.8. The fourth-order valence-corrected chi connectivity index (χ4v) is 5.06. The van der Waals surface area contributed by atoms with Crippen LogP contribution in [-0.4, -0.2) is 40.3 Å². The quantitative estimate of drug-likeness (QED) is 0.883. The topological polar surface area (TPSA) is 56.1 Å². The van der Waals surface area contributed by atoms with Gasteiger partial charge in [-0.3, -0.25) is 10.1 Å². The van der Waals surface area contributed by atoms with E-state index in [4.69, 9.17) is 5.26 Å². The van der Waals surface area contributed by atoms with E-state index in [1.54, 1.807) is 28.4 Å². The van der Waals surface area contributed by atoms with Gasteiger partial charge in [0.25, 0.3) is 0 Å². The van der Waals surface area contributed by atoms with Crippen LogP contribution in [0.4, 0.5) is 0 Å². The van der Waals surface area contributed by atoms with E-state index in [1.165, 1.54) is 11.1 Å². The fourth-order valence-electron chi connectivity index (χ4n) is 2.64. The van der Waals surface area contributed by atoms with Crippen molar-refractivity contribution in [1.82, 2.24) is 10.2 Å². The number of rotatable bonds is 2. The summed E-state index contributed by atoms with van der Waals surface area (Å²) in [7, 11) is 0. The lowest BCUT2D eigenvalue weighted by Gasteiger charge is -2.23. The normalized spacial score (nSPS) is 27.3. The van der Waals surface area contributed by atoms with Gasteiger partial charge in [0, 0.05) is 11.5 Å². The average molecular weight is 356 g/mol. The molecule has 22 heavy (non-hydrogen) atoms. The van der Waals surface area contributed by atoms with Crippen molar-refractivity contribution in [3.05, 3.63) is 35.4 Å². The second-order valence-corrected chi connectivity index (χ2v) is 7.38. The van der Waals surface area contributed by atoms with Gasteiger partial charge in [-0.1, -0.05) is 24.3 Å². The molecule has 118 valence electrons. The van der Waals surface area contributed by atoms with Crippen LogP contribution in [-0.2, 0) is 4.79 Å². The number of carbonyl (C=O) groups excluding carboxylic acids is 1. The zero-order valence-electron chi connectivity index (χ0n) is 12.2. The molecule has 0 spiro atoms. The van der Waals surface area contributed by atoms with Crippen LogP contribution >= 0.6 is 35.9 Å². The largest absolute Gasteiger partial charge is 0.315 e. The van der Waals surface area contributed by atoms with Crippen molar-refractivity contribution in [3.63, 3.8) is 0 Å². The molecule has 7 heteroatoms. The molecule has 2 saturated heterocycles. The third kappa shape index (κ3) is 3.38. The average Bonchev–Trinajstić information content (AvgIpc) is 3.16. The van der Waals surface area contributed by atoms with Gasteiger partial charge in [0.15, 0.2) is 0 Å². The molecule has 2 aliphatic heterocycles. The Morgan fingerprint density at radius 2 is 2.18 bits per heavy atom. The lowest BCUT2D eigenvalue weighted by Crippen LogP contribution is -2.47. The first kappa shape index (κ1) is 17.5. The maximum atomic E-state index is 12.6. The predicted octanol–water partition coefficient (Wildman–Crippen LogP) is 2.55. The van der Waals surface area contributed by atoms with Gasteiger partial charge in [-0.15, -0.1) is 35.9 Å². The van der Waals surface area contributed by atoms with Crippen LogP contribution in [0.15, 0.2) is 24.3 Å². The van der Waals surface area contributed by atoms with Gasteiger partial charge in [-0.25, -0.2) is 0 Å². The molecule has 3 rings (SSSR count). The van der Waals surface area contributed by atoms with Crippen molar-refractivity contribution in [2.24, 2.45) is 0 Å². The molecule has 4 nitrogen and oxygen atoms in total. The van der Waals surface area contributed by atoms with Crippen LogP contribution in [0.1, 0.15) is 16.5 Å². The van der Waals surface area contributed by atoms with Crippen LogP contribution in [0.2, 0.25) is 0 Å². The minimum atomic E-state index is -0.271. The molecule has 0 radical (unpaired) electrons. The number of amides is 1. The monoisotopic (exact) mass is 355 g/mol. The maximum Gasteiger partial charge on any atom is 0.242 e. The van der Waals surface area contributed by atoms with Crippen LogP contribution in [0, 0.1) is 18.3 Å². The standard InChI is InChI=1S/C15H17N3OS2.ClH/c1-10-4-2-3-5-12(10)14-17-13(8-21-14)15(19)18-9-20-7-11(18)6-16;/h2-5,11,13-14,17H,7-9H2,1H3;1H/t11-,13+,14?;/m1./s1. The molecule has 1 amide bonds. The lowest BCUT2D eigenvalue weighted by molar-refractivity contribution is -0.132. The second-order valence-electron chi connectivity index (χ2n) is 5.24. The van der Waals surface area contributed by atoms with Crippen LogP contribution in [0.25, 0.3) is 0 Å². The molecule has 1 N–H and O–H groups in total. The summed E-state index contributed by atoms with van der Waals surface area (Å²) >= 11 is 3.41. The van der Waals surface area contributed by atoms with E-state index in [2.05, 4.69) is 30.4 Å². The van der Waals surface area contributed by atoms with Gasteiger partial charge < -0.3 is 4.90 Å². The van der Waals surface area contributed by atoms with Crippen LogP contribution < -0.4 is 5.32 Å². The third-order valence-electron chi connectivity index (χ3n) is 3.87. The molecule has 1 aromatic carbocycles. The van der Waals surface area contributed by atoms with Crippen molar-refractivity contribution < 1.29 is 4.79 Å². The molecule has 2 fully saturated rings. The van der Waals surface area contributed by atoms with Crippen molar-refractivity contribution in [2.75, 3.05) is 17.4 Å². The summed E-state index contributed by atoms with van der Waals surface area (Å²) in [5, 5.41) is 12.7. The van der Waals surface area contributed by atoms with Crippen molar-refractivity contribution in [1.29, 1.82) is 5.26 Å². The highest BCUT2D eigenvalue weighted by Crippen LogP contribution is 2.35. The molecule has 3 atom stereocenters. The number of carbonyl (C=O) groups is 1. The van der Waals surface area contributed by atoms with E-state index in [0.29, 0.717) is 5.88 Å². The third-order valence-corrected chi connectivity index (χ3v) is 6.13. The maximum absolute atomic E-state index is 12.6. The van der Waals surface area contributed by atoms with Crippen molar-refractivity contribution >= 4 is 41.8 Å². The summed E-state index contributed by atoms with van der Waals surface area (Å²) in [6.45, 7) is 2.09. The van der Waals surface area contributed by atoms with Crippen molar-refractivity contribution in [3.8, 4) is 6.07 Å². The first-order chi connectivity index (χ1) is 10.2. The van der Waals surface area contributed by atoms with E-state index < -0.39 is 0 Å². The molecule has 0 aliphatic carbocycles. The van der Waals surface area contributed by atoms with E-state index in [1.807, 2.05) is 12.1 Å². The van der Waals surface area contributed by atoms with Gasteiger partial charge in [-0.2, -0.15) is 5.26 Å². The highest BCUT2D eigenvalue weighted by Gasteiger charge is 2.38. The van der Waals surface area contributed by atoms with E-state index in [-0.39, 0.29) is 35.8 Å². The van der Waals surface area contributed by atoms with Crippen LogP contribution in [0.5, 0.6) is 0 Å². The molecule has 0 saturated carbocycles. The van der Waals surface area contributed by atoms with E-state index in [9.17, 15) is 4.79 Å². The van der Waals surface area contributed by atoms with Gasteiger partial charge in [0.05, 0.1) is 23.4 Å². The van der Waals surface area contributed by atoms with E-state index >= 15 is 0 Å². The number of nitrogens with zero attached hydrogens (tertiary/aromatic N) is 2.